The third-order valence-corrected chi connectivity index (χ3v) is 3.81. The summed E-state index contributed by atoms with van der Waals surface area (Å²) in [6.07, 6.45) is 4.13. The predicted octanol–water partition coefficient (Wildman–Crippen LogP) is 3.28. The molecule has 1 N–H and O–H groups in total. The summed E-state index contributed by atoms with van der Waals surface area (Å²) >= 11 is 6.01. The second-order valence-corrected chi connectivity index (χ2v) is 5.95. The number of rotatable bonds is 6. The summed E-state index contributed by atoms with van der Waals surface area (Å²) in [5, 5.41) is 0.600. The largest absolute Gasteiger partial charge is 0.492 e. The third kappa shape index (κ3) is 4.22. The van der Waals surface area contributed by atoms with Crippen molar-refractivity contribution in [2.75, 3.05) is 13.2 Å². The van der Waals surface area contributed by atoms with E-state index in [4.69, 9.17) is 21.1 Å². The lowest BCUT2D eigenvalue weighted by Crippen LogP contribution is -2.09. The Balaban J connectivity index is 1.77. The van der Waals surface area contributed by atoms with Crippen molar-refractivity contribution in [3.8, 4) is 17.0 Å². The number of H-pyrrole nitrogens is 1. The zero-order valence-corrected chi connectivity index (χ0v) is 14.4. The van der Waals surface area contributed by atoms with Gasteiger partial charge in [-0.25, -0.2) is 0 Å². The van der Waals surface area contributed by atoms with Crippen LogP contribution in [0.5, 0.6) is 5.75 Å². The normalized spacial score (nSPS) is 10.8. The van der Waals surface area contributed by atoms with Crippen LogP contribution in [0.3, 0.4) is 0 Å². The fourth-order valence-electron chi connectivity index (χ4n) is 2.45. The van der Waals surface area contributed by atoms with Crippen molar-refractivity contribution in [1.29, 1.82) is 0 Å². The first-order valence-corrected chi connectivity index (χ1v) is 8.18. The number of esters is 1. The molecule has 0 atom stereocenters. The summed E-state index contributed by atoms with van der Waals surface area (Å²) in [5.41, 5.74) is 1.76. The quantitative estimate of drug-likeness (QED) is 0.541. The van der Waals surface area contributed by atoms with Crippen LogP contribution in [0.1, 0.15) is 13.3 Å². The summed E-state index contributed by atoms with van der Waals surface area (Å²) in [6, 6.07) is 8.94. The zero-order chi connectivity index (χ0) is 17.8. The first kappa shape index (κ1) is 17.1. The van der Waals surface area contributed by atoms with Gasteiger partial charge in [-0.05, 0) is 12.1 Å². The number of hydrogen-bond acceptors (Lipinski definition) is 4. The van der Waals surface area contributed by atoms with Gasteiger partial charge in [-0.3, -0.25) is 9.59 Å². The first-order chi connectivity index (χ1) is 12.0. The number of fused-ring (bicyclic) bond motifs is 1. The van der Waals surface area contributed by atoms with Gasteiger partial charge >= 0.3 is 5.97 Å². The molecule has 0 radical (unpaired) electrons. The Hall–Kier alpha value is -2.73. The average molecular weight is 361 g/mol. The van der Waals surface area contributed by atoms with E-state index >= 15 is 0 Å². The summed E-state index contributed by atoms with van der Waals surface area (Å²) in [4.78, 5) is 25.8. The van der Waals surface area contributed by atoms with Crippen molar-refractivity contribution >= 4 is 23.1 Å². The number of carbonyl (C=O) groups is 1. The number of ether oxygens (including phenoxy) is 2. The van der Waals surface area contributed by atoms with Gasteiger partial charge in [0.15, 0.2) is 0 Å². The SMILES string of the molecule is CC(=O)OCCCOc1cc2c(=O)[nH]c(-c3cccc(Cl)c3)cn2c1. The molecule has 0 aliphatic heterocycles. The van der Waals surface area contributed by atoms with Crippen LogP contribution in [-0.4, -0.2) is 28.6 Å². The minimum Gasteiger partial charge on any atom is -0.492 e. The number of halogens is 1. The fourth-order valence-corrected chi connectivity index (χ4v) is 2.64. The van der Waals surface area contributed by atoms with Gasteiger partial charge in [0.05, 0.1) is 25.1 Å². The van der Waals surface area contributed by atoms with Gasteiger partial charge in [-0.1, -0.05) is 23.7 Å². The Bertz CT molecular complexity index is 961. The highest BCUT2D eigenvalue weighted by Gasteiger charge is 2.08. The van der Waals surface area contributed by atoms with Gasteiger partial charge in [-0.2, -0.15) is 0 Å². The van der Waals surface area contributed by atoms with Crippen molar-refractivity contribution in [3.05, 3.63) is 58.1 Å². The van der Waals surface area contributed by atoms with Gasteiger partial charge in [-0.15, -0.1) is 0 Å². The summed E-state index contributed by atoms with van der Waals surface area (Å²) in [7, 11) is 0. The lowest BCUT2D eigenvalue weighted by atomic mass is 10.2. The topological polar surface area (TPSA) is 72.8 Å². The third-order valence-electron chi connectivity index (χ3n) is 3.57. The van der Waals surface area contributed by atoms with Gasteiger partial charge in [0.25, 0.3) is 5.56 Å². The van der Waals surface area contributed by atoms with Crippen LogP contribution < -0.4 is 10.3 Å². The van der Waals surface area contributed by atoms with E-state index in [0.717, 1.165) is 5.56 Å². The zero-order valence-electron chi connectivity index (χ0n) is 13.6. The Morgan fingerprint density at radius 1 is 1.24 bits per heavy atom. The smallest absolute Gasteiger partial charge is 0.302 e. The second-order valence-electron chi connectivity index (χ2n) is 5.52. The van der Waals surface area contributed by atoms with Crippen LogP contribution in [0, 0.1) is 0 Å². The maximum atomic E-state index is 12.3. The molecule has 0 amide bonds. The standard InChI is InChI=1S/C18H17ClN2O4/c1-12(22)24-6-3-7-25-15-9-17-18(23)20-16(11-21(17)10-15)13-4-2-5-14(19)8-13/h2,4-5,8-11H,3,6-7H2,1H3,(H,20,23). The second kappa shape index (κ2) is 7.44. The monoisotopic (exact) mass is 360 g/mol. The number of nitrogens with zero attached hydrogens (tertiary/aromatic N) is 1. The summed E-state index contributed by atoms with van der Waals surface area (Å²) in [5.74, 6) is 0.270. The molecule has 3 aromatic rings. The Labute approximate surface area is 149 Å². The van der Waals surface area contributed by atoms with E-state index in [0.29, 0.717) is 41.6 Å². The molecule has 0 aliphatic carbocycles. The van der Waals surface area contributed by atoms with Crippen LogP contribution in [0.25, 0.3) is 16.8 Å². The Morgan fingerprint density at radius 2 is 2.08 bits per heavy atom. The molecule has 0 saturated carbocycles. The lowest BCUT2D eigenvalue weighted by molar-refractivity contribution is -0.141. The molecule has 0 bridgehead atoms. The van der Waals surface area contributed by atoms with E-state index in [9.17, 15) is 9.59 Å². The molecule has 25 heavy (non-hydrogen) atoms. The van der Waals surface area contributed by atoms with Crippen molar-refractivity contribution < 1.29 is 14.3 Å². The van der Waals surface area contributed by atoms with Crippen molar-refractivity contribution in [2.45, 2.75) is 13.3 Å². The minimum atomic E-state index is -0.310. The van der Waals surface area contributed by atoms with Gasteiger partial charge < -0.3 is 18.9 Å². The van der Waals surface area contributed by atoms with E-state index in [2.05, 4.69) is 4.98 Å². The van der Waals surface area contributed by atoms with E-state index in [-0.39, 0.29) is 11.5 Å². The highest BCUT2D eigenvalue weighted by Crippen LogP contribution is 2.22. The van der Waals surface area contributed by atoms with Gasteiger partial charge in [0, 0.05) is 36.2 Å². The van der Waals surface area contributed by atoms with Gasteiger partial charge in [0.1, 0.15) is 11.3 Å². The van der Waals surface area contributed by atoms with Crippen molar-refractivity contribution in [3.63, 3.8) is 0 Å². The van der Waals surface area contributed by atoms with Crippen LogP contribution in [0.4, 0.5) is 0 Å². The van der Waals surface area contributed by atoms with Gasteiger partial charge in [0.2, 0.25) is 0 Å². The summed E-state index contributed by atoms with van der Waals surface area (Å²) in [6.45, 7) is 2.07. The van der Waals surface area contributed by atoms with Crippen LogP contribution in [0.15, 0.2) is 47.5 Å². The van der Waals surface area contributed by atoms with Crippen LogP contribution in [-0.2, 0) is 9.53 Å². The van der Waals surface area contributed by atoms with Crippen LogP contribution in [0.2, 0.25) is 5.02 Å². The van der Waals surface area contributed by atoms with Crippen molar-refractivity contribution in [2.24, 2.45) is 0 Å². The average Bonchev–Trinajstić information content (AvgIpc) is 2.98. The molecule has 1 aromatic carbocycles. The molecular formula is C18H17ClN2O4. The molecule has 0 aliphatic rings. The molecule has 0 unspecified atom stereocenters. The first-order valence-electron chi connectivity index (χ1n) is 7.80. The minimum absolute atomic E-state index is 0.216. The molecule has 6 nitrogen and oxygen atoms in total. The number of nitrogens with one attached hydrogen (secondary N) is 1. The fraction of sp³-hybridized carbons (Fsp3) is 0.222. The molecule has 2 aromatic heterocycles. The molecule has 2 heterocycles. The Kier molecular flexibility index (Phi) is 5.09. The summed E-state index contributed by atoms with van der Waals surface area (Å²) < 4.78 is 12.2. The maximum absolute atomic E-state index is 12.3. The Morgan fingerprint density at radius 3 is 2.84 bits per heavy atom. The van der Waals surface area contributed by atoms with E-state index in [1.807, 2.05) is 18.3 Å². The molecule has 0 spiro atoms. The number of hydrogen-bond donors (Lipinski definition) is 1. The molecule has 3 rings (SSSR count). The van der Waals surface area contributed by atoms with Crippen LogP contribution >= 0.6 is 11.6 Å². The highest BCUT2D eigenvalue weighted by atomic mass is 35.5. The van der Waals surface area contributed by atoms with E-state index < -0.39 is 0 Å². The molecule has 7 heteroatoms. The number of aromatic amines is 1. The lowest BCUT2D eigenvalue weighted by Gasteiger charge is -2.04. The number of carbonyl (C=O) groups excluding carboxylic acids is 1. The van der Waals surface area contributed by atoms with Crippen molar-refractivity contribution in [1.82, 2.24) is 9.38 Å². The molecule has 0 saturated heterocycles. The predicted molar refractivity (Wildman–Crippen MR) is 95.2 cm³/mol. The highest BCUT2D eigenvalue weighted by molar-refractivity contribution is 6.30. The van der Waals surface area contributed by atoms with E-state index in [1.54, 1.807) is 28.8 Å². The number of benzene rings is 1. The number of aromatic nitrogens is 2. The van der Waals surface area contributed by atoms with E-state index in [1.165, 1.54) is 6.92 Å². The molecule has 130 valence electrons. The maximum Gasteiger partial charge on any atom is 0.302 e. The molecule has 0 fully saturated rings. The molecular weight excluding hydrogens is 344 g/mol.